The van der Waals surface area contributed by atoms with Gasteiger partial charge in [-0.2, -0.15) is 4.98 Å². The maximum Gasteiger partial charge on any atom is 0.261 e. The number of nitrogens with zero attached hydrogens (tertiary/aromatic N) is 2. The molecule has 2 aromatic heterocycles. The average Bonchev–Trinajstić information content (AvgIpc) is 3.22. The minimum absolute atomic E-state index is 0.236. The third kappa shape index (κ3) is 4.28. The normalized spacial score (nSPS) is 10.6. The number of ether oxygens (including phenoxy) is 1. The number of hydrogen-bond donors (Lipinski definition) is 2. The van der Waals surface area contributed by atoms with Gasteiger partial charge < -0.3 is 14.5 Å². The zero-order valence-electron chi connectivity index (χ0n) is 16.1. The molecule has 150 valence electrons. The number of pyridine rings is 1. The highest BCUT2D eigenvalue weighted by molar-refractivity contribution is 7.80. The first kappa shape index (κ1) is 19.5. The van der Waals surface area contributed by atoms with Gasteiger partial charge in [0.15, 0.2) is 16.3 Å². The monoisotopic (exact) mass is 418 g/mol. The maximum atomic E-state index is 12.4. The Kier molecular flexibility index (Phi) is 5.67. The van der Waals surface area contributed by atoms with E-state index < -0.39 is 0 Å². The van der Waals surface area contributed by atoms with E-state index in [1.54, 1.807) is 30.5 Å². The molecule has 0 radical (unpaired) electrons. The van der Waals surface area contributed by atoms with Crippen LogP contribution >= 0.6 is 12.2 Å². The Morgan fingerprint density at radius 2 is 1.90 bits per heavy atom. The van der Waals surface area contributed by atoms with Gasteiger partial charge in [-0.15, -0.1) is 0 Å². The van der Waals surface area contributed by atoms with E-state index >= 15 is 0 Å². The van der Waals surface area contributed by atoms with Crippen LogP contribution in [0.4, 0.5) is 0 Å². The molecule has 0 aliphatic carbocycles. The van der Waals surface area contributed by atoms with Gasteiger partial charge in [0.25, 0.3) is 5.91 Å². The Balaban J connectivity index is 1.35. The Morgan fingerprint density at radius 1 is 1.10 bits per heavy atom. The van der Waals surface area contributed by atoms with Crippen molar-refractivity contribution in [1.29, 1.82) is 0 Å². The van der Waals surface area contributed by atoms with E-state index in [4.69, 9.17) is 21.4 Å². The highest BCUT2D eigenvalue weighted by Gasteiger charge is 2.13. The molecule has 2 aromatic carbocycles. The molecule has 0 atom stereocenters. The van der Waals surface area contributed by atoms with Crippen molar-refractivity contribution < 1.29 is 13.9 Å². The third-order valence-corrected chi connectivity index (χ3v) is 4.64. The van der Waals surface area contributed by atoms with Crippen molar-refractivity contribution in [1.82, 2.24) is 20.6 Å². The topological polar surface area (TPSA) is 89.3 Å². The van der Waals surface area contributed by atoms with Crippen molar-refractivity contribution in [3.8, 4) is 17.2 Å². The summed E-state index contributed by atoms with van der Waals surface area (Å²) in [5, 5.41) is 5.93. The second kappa shape index (κ2) is 8.71. The smallest absolute Gasteiger partial charge is 0.261 e. The maximum absolute atomic E-state index is 12.4. The lowest BCUT2D eigenvalue weighted by Gasteiger charge is -2.11. The van der Waals surface area contributed by atoms with Crippen LogP contribution in [-0.2, 0) is 6.54 Å². The zero-order chi connectivity index (χ0) is 20.9. The van der Waals surface area contributed by atoms with Crippen molar-refractivity contribution in [2.75, 3.05) is 7.11 Å². The summed E-state index contributed by atoms with van der Waals surface area (Å²) < 4.78 is 10.9. The molecule has 7 nitrogen and oxygen atoms in total. The number of fused-ring (bicyclic) bond motifs is 1. The molecule has 0 saturated heterocycles. The van der Waals surface area contributed by atoms with Crippen LogP contribution in [0, 0.1) is 0 Å². The number of nitrogens with one attached hydrogen (secondary N) is 2. The van der Waals surface area contributed by atoms with E-state index in [-0.39, 0.29) is 11.0 Å². The van der Waals surface area contributed by atoms with Gasteiger partial charge in [-0.05, 0) is 54.2 Å². The van der Waals surface area contributed by atoms with Crippen molar-refractivity contribution in [3.63, 3.8) is 0 Å². The highest BCUT2D eigenvalue weighted by atomic mass is 32.1. The number of carbonyl (C=O) groups is 1. The molecular formula is C22H18N4O3S. The van der Waals surface area contributed by atoms with E-state index in [1.807, 2.05) is 36.4 Å². The van der Waals surface area contributed by atoms with Crippen LogP contribution in [0.15, 0.2) is 71.3 Å². The van der Waals surface area contributed by atoms with Crippen molar-refractivity contribution >= 4 is 34.5 Å². The predicted molar refractivity (Wildman–Crippen MR) is 117 cm³/mol. The summed E-state index contributed by atoms with van der Waals surface area (Å²) in [6, 6.07) is 18.3. The molecule has 0 saturated carbocycles. The first-order chi connectivity index (χ1) is 14.6. The van der Waals surface area contributed by atoms with Crippen LogP contribution in [0.2, 0.25) is 0 Å². The van der Waals surface area contributed by atoms with Crippen LogP contribution in [-0.4, -0.2) is 28.1 Å². The fourth-order valence-electron chi connectivity index (χ4n) is 2.89. The largest absolute Gasteiger partial charge is 0.496 e. The summed E-state index contributed by atoms with van der Waals surface area (Å²) >= 11 is 5.23. The number of benzene rings is 2. The summed E-state index contributed by atoms with van der Waals surface area (Å²) in [5.74, 6) is 0.676. The Morgan fingerprint density at radius 3 is 2.67 bits per heavy atom. The second-order valence-corrected chi connectivity index (χ2v) is 6.79. The number of hydrogen-bond acceptors (Lipinski definition) is 6. The van der Waals surface area contributed by atoms with Gasteiger partial charge in [-0.25, -0.2) is 4.98 Å². The Labute approximate surface area is 178 Å². The Hall–Kier alpha value is -3.78. The van der Waals surface area contributed by atoms with E-state index in [2.05, 4.69) is 20.6 Å². The van der Waals surface area contributed by atoms with Gasteiger partial charge in [0, 0.05) is 18.3 Å². The first-order valence-electron chi connectivity index (χ1n) is 9.17. The van der Waals surface area contributed by atoms with E-state index in [0.717, 1.165) is 11.1 Å². The lowest BCUT2D eigenvalue weighted by Crippen LogP contribution is -2.38. The van der Waals surface area contributed by atoms with Crippen LogP contribution < -0.4 is 15.4 Å². The van der Waals surface area contributed by atoms with Crippen molar-refractivity contribution in [3.05, 3.63) is 78.0 Å². The quantitative estimate of drug-likeness (QED) is 0.478. The Bertz CT molecular complexity index is 1170. The lowest BCUT2D eigenvalue weighted by molar-refractivity contribution is 0.0973. The summed E-state index contributed by atoms with van der Waals surface area (Å²) in [5.41, 5.74) is 3.48. The fraction of sp³-hybridized carbons (Fsp3) is 0.0909. The van der Waals surface area contributed by atoms with Gasteiger partial charge >= 0.3 is 0 Å². The number of oxazole rings is 1. The SMILES string of the molecule is COc1ccccc1C(=O)NC(=S)NCc1ccc(-c2nc3ncccc3o2)cc1. The van der Waals surface area contributed by atoms with Crippen molar-refractivity contribution in [2.45, 2.75) is 6.54 Å². The van der Waals surface area contributed by atoms with Gasteiger partial charge in [-0.1, -0.05) is 24.3 Å². The summed E-state index contributed by atoms with van der Waals surface area (Å²) in [7, 11) is 1.52. The average molecular weight is 418 g/mol. The van der Waals surface area contributed by atoms with Gasteiger partial charge in [0.2, 0.25) is 5.89 Å². The van der Waals surface area contributed by atoms with Crippen LogP contribution in [0.25, 0.3) is 22.7 Å². The molecular weight excluding hydrogens is 400 g/mol. The third-order valence-electron chi connectivity index (χ3n) is 4.40. The first-order valence-corrected chi connectivity index (χ1v) is 9.58. The standard InChI is InChI=1S/C22H18N4O3S/c1-28-17-6-3-2-5-16(17)20(27)26-22(30)24-13-14-8-10-15(11-9-14)21-25-19-18(29-21)7-4-12-23-19/h2-12H,13H2,1H3,(H2,24,26,27,30). The number of amides is 1. The molecule has 4 aromatic rings. The van der Waals surface area contributed by atoms with Gasteiger partial charge in [0.05, 0.1) is 12.7 Å². The molecule has 0 aliphatic heterocycles. The molecule has 0 fully saturated rings. The minimum atomic E-state index is -0.329. The van der Waals surface area contributed by atoms with Gasteiger partial charge in [0.1, 0.15) is 5.75 Å². The van der Waals surface area contributed by atoms with Crippen LogP contribution in [0.5, 0.6) is 5.75 Å². The van der Waals surface area contributed by atoms with Crippen LogP contribution in [0.1, 0.15) is 15.9 Å². The molecule has 4 rings (SSSR count). The van der Waals surface area contributed by atoms with Crippen molar-refractivity contribution in [2.24, 2.45) is 0 Å². The highest BCUT2D eigenvalue weighted by Crippen LogP contribution is 2.23. The van der Waals surface area contributed by atoms with Gasteiger partial charge in [-0.3, -0.25) is 10.1 Å². The fourth-order valence-corrected chi connectivity index (χ4v) is 3.05. The lowest BCUT2D eigenvalue weighted by atomic mass is 10.1. The minimum Gasteiger partial charge on any atom is -0.496 e. The van der Waals surface area contributed by atoms with E-state index in [0.29, 0.717) is 35.0 Å². The predicted octanol–water partition coefficient (Wildman–Crippen LogP) is 3.70. The summed E-state index contributed by atoms with van der Waals surface area (Å²) in [4.78, 5) is 20.9. The zero-order valence-corrected chi connectivity index (χ0v) is 16.9. The number of methoxy groups -OCH3 is 1. The summed E-state index contributed by atoms with van der Waals surface area (Å²) in [6.07, 6.45) is 1.68. The number of aromatic nitrogens is 2. The second-order valence-electron chi connectivity index (χ2n) is 6.38. The van der Waals surface area contributed by atoms with E-state index in [9.17, 15) is 4.79 Å². The molecule has 8 heteroatoms. The molecule has 0 aliphatic rings. The van der Waals surface area contributed by atoms with Crippen LogP contribution in [0.3, 0.4) is 0 Å². The molecule has 2 N–H and O–H groups in total. The van der Waals surface area contributed by atoms with E-state index in [1.165, 1.54) is 7.11 Å². The number of carbonyl (C=O) groups excluding carboxylic acids is 1. The molecule has 0 spiro atoms. The number of rotatable bonds is 5. The molecule has 0 unspecified atom stereocenters. The molecule has 1 amide bonds. The number of thiocarbonyl (C=S) groups is 1. The molecule has 30 heavy (non-hydrogen) atoms. The number of para-hydroxylation sites is 1. The summed E-state index contributed by atoms with van der Waals surface area (Å²) in [6.45, 7) is 0.459. The molecule has 2 heterocycles. The molecule has 0 bridgehead atoms.